The molecule has 2 aliphatic heterocycles. The number of methoxy groups -OCH3 is 1. The van der Waals surface area contributed by atoms with Crippen molar-refractivity contribution in [3.8, 4) is 0 Å². The number of hydrogen-bond donors (Lipinski definition) is 2. The van der Waals surface area contributed by atoms with Crippen molar-refractivity contribution in [1.82, 2.24) is 14.8 Å². The van der Waals surface area contributed by atoms with Crippen molar-refractivity contribution >= 4 is 39.1 Å². The average Bonchev–Trinajstić information content (AvgIpc) is 3.32. The van der Waals surface area contributed by atoms with E-state index in [0.29, 0.717) is 47.4 Å². The van der Waals surface area contributed by atoms with Gasteiger partial charge in [0.25, 0.3) is 0 Å². The van der Waals surface area contributed by atoms with Crippen LogP contribution in [0.3, 0.4) is 0 Å². The lowest BCUT2D eigenvalue weighted by Gasteiger charge is -2.32. The SMILES string of the molecule is C=C/N=C1/SC(NC(=O)N2CCC(n3c(=O)oc4cc(F)ccc43)CC2)=N/C1=C(/N)OC. The number of carbonyl (C=O) groups excluding carboxylic acids is 1. The number of amidine groups is 1. The molecular formula is C20H21FN6O4S. The number of benzene rings is 1. The summed E-state index contributed by atoms with van der Waals surface area (Å²) >= 11 is 1.15. The van der Waals surface area contributed by atoms with Gasteiger partial charge in [-0.2, -0.15) is 0 Å². The fourth-order valence-electron chi connectivity index (χ4n) is 3.65. The van der Waals surface area contributed by atoms with Crippen LogP contribution in [0.5, 0.6) is 0 Å². The molecule has 0 bridgehead atoms. The summed E-state index contributed by atoms with van der Waals surface area (Å²) in [6.45, 7) is 4.40. The maximum Gasteiger partial charge on any atom is 0.420 e. The number of nitrogens with zero attached hydrogens (tertiary/aromatic N) is 4. The van der Waals surface area contributed by atoms with Gasteiger partial charge in [0.2, 0.25) is 5.88 Å². The van der Waals surface area contributed by atoms with Crippen molar-refractivity contribution in [1.29, 1.82) is 0 Å². The van der Waals surface area contributed by atoms with Gasteiger partial charge in [-0.1, -0.05) is 6.58 Å². The number of rotatable bonds is 3. The number of halogens is 1. The minimum Gasteiger partial charge on any atom is -0.481 e. The first-order valence-corrected chi connectivity index (χ1v) is 10.6. The number of carbonyl (C=O) groups is 1. The second kappa shape index (κ2) is 8.91. The quantitative estimate of drug-likeness (QED) is 0.678. The molecule has 0 spiro atoms. The van der Waals surface area contributed by atoms with E-state index in [2.05, 4.69) is 21.9 Å². The summed E-state index contributed by atoms with van der Waals surface area (Å²) in [5.74, 6) is -0.917. The van der Waals surface area contributed by atoms with Crippen LogP contribution in [0.25, 0.3) is 11.1 Å². The zero-order valence-electron chi connectivity index (χ0n) is 17.2. The maximum atomic E-state index is 13.4. The van der Waals surface area contributed by atoms with Gasteiger partial charge in [0.05, 0.1) is 12.6 Å². The molecule has 0 atom stereocenters. The number of amides is 2. The summed E-state index contributed by atoms with van der Waals surface area (Å²) in [6, 6.07) is 3.54. The number of oxazole rings is 1. The Kier molecular flexibility index (Phi) is 6.04. The van der Waals surface area contributed by atoms with E-state index in [9.17, 15) is 14.0 Å². The maximum absolute atomic E-state index is 13.4. The average molecular weight is 460 g/mol. The number of aliphatic imine (C=N–C) groups is 2. The van der Waals surface area contributed by atoms with Gasteiger partial charge in [-0.15, -0.1) is 0 Å². The second-order valence-electron chi connectivity index (χ2n) is 7.05. The lowest BCUT2D eigenvalue weighted by molar-refractivity contribution is 0.175. The molecule has 4 rings (SSSR count). The highest BCUT2D eigenvalue weighted by atomic mass is 32.2. The van der Waals surface area contributed by atoms with E-state index in [0.717, 1.165) is 11.8 Å². The highest BCUT2D eigenvalue weighted by Crippen LogP contribution is 2.28. The van der Waals surface area contributed by atoms with E-state index in [1.165, 1.54) is 36.1 Å². The molecule has 1 aromatic carbocycles. The second-order valence-corrected chi connectivity index (χ2v) is 8.03. The van der Waals surface area contributed by atoms with Crippen molar-refractivity contribution in [3.05, 3.63) is 58.9 Å². The Balaban J connectivity index is 1.43. The van der Waals surface area contributed by atoms with Gasteiger partial charge in [0.15, 0.2) is 16.4 Å². The van der Waals surface area contributed by atoms with E-state index in [1.807, 2.05) is 0 Å². The number of piperidine rings is 1. The first-order chi connectivity index (χ1) is 15.4. The van der Waals surface area contributed by atoms with E-state index in [1.54, 1.807) is 4.90 Å². The molecule has 1 aromatic heterocycles. The lowest BCUT2D eigenvalue weighted by Crippen LogP contribution is -2.46. The first-order valence-electron chi connectivity index (χ1n) is 9.77. The molecule has 2 amide bonds. The molecule has 1 saturated heterocycles. The van der Waals surface area contributed by atoms with Crippen molar-refractivity contribution in [2.45, 2.75) is 18.9 Å². The van der Waals surface area contributed by atoms with Crippen molar-refractivity contribution in [2.75, 3.05) is 20.2 Å². The third-order valence-corrected chi connectivity index (χ3v) is 6.06. The van der Waals surface area contributed by atoms with Crippen molar-refractivity contribution in [3.63, 3.8) is 0 Å². The number of nitrogens with two attached hydrogens (primary N) is 1. The summed E-state index contributed by atoms with van der Waals surface area (Å²) in [5, 5.41) is 3.55. The summed E-state index contributed by atoms with van der Waals surface area (Å²) in [7, 11) is 1.42. The summed E-state index contributed by atoms with van der Waals surface area (Å²) in [6.07, 6.45) is 2.44. The molecule has 1 fully saturated rings. The van der Waals surface area contributed by atoms with Crippen LogP contribution in [0.15, 0.2) is 61.8 Å². The number of likely N-dealkylation sites (tertiary alicyclic amines) is 1. The van der Waals surface area contributed by atoms with Crippen LogP contribution >= 0.6 is 11.8 Å². The predicted octanol–water partition coefficient (Wildman–Crippen LogP) is 2.50. The van der Waals surface area contributed by atoms with Gasteiger partial charge in [-0.3, -0.25) is 9.88 Å². The largest absolute Gasteiger partial charge is 0.481 e. The molecule has 10 nitrogen and oxygen atoms in total. The minimum atomic E-state index is -0.533. The van der Waals surface area contributed by atoms with Crippen LogP contribution in [-0.4, -0.2) is 45.9 Å². The molecule has 32 heavy (non-hydrogen) atoms. The van der Waals surface area contributed by atoms with Crippen LogP contribution in [0.1, 0.15) is 18.9 Å². The fraction of sp³-hybridized carbons (Fsp3) is 0.300. The molecule has 12 heteroatoms. The Hall–Kier alpha value is -3.54. The molecule has 168 valence electrons. The lowest BCUT2D eigenvalue weighted by atomic mass is 10.0. The highest BCUT2D eigenvalue weighted by molar-refractivity contribution is 8.27. The highest BCUT2D eigenvalue weighted by Gasteiger charge is 2.30. The van der Waals surface area contributed by atoms with Gasteiger partial charge < -0.3 is 19.8 Å². The van der Waals surface area contributed by atoms with Crippen LogP contribution in [-0.2, 0) is 4.74 Å². The number of hydrogen-bond acceptors (Lipinski definition) is 8. The standard InChI is InChI=1S/C20H21FN6O4S/c1-3-23-17-15(16(22)30-2)24-18(32-17)25-19(28)26-8-6-12(7-9-26)27-13-5-4-11(21)10-14(13)31-20(27)29/h3-5,10,12H,1,6-9,22H2,2H3,(H,24,25,28)/b16-15-,23-17+. The number of fused-ring (bicyclic) bond motifs is 1. The molecule has 0 saturated carbocycles. The van der Waals surface area contributed by atoms with Gasteiger partial charge in [-0.25, -0.2) is 24.0 Å². The zero-order chi connectivity index (χ0) is 22.8. The van der Waals surface area contributed by atoms with E-state index in [4.69, 9.17) is 14.9 Å². The number of nitrogens with one attached hydrogen (secondary N) is 1. The Morgan fingerprint density at radius 1 is 1.47 bits per heavy atom. The molecule has 3 heterocycles. The van der Waals surface area contributed by atoms with E-state index < -0.39 is 11.6 Å². The first kappa shape index (κ1) is 21.7. The number of ether oxygens (including phenoxy) is 1. The van der Waals surface area contributed by atoms with Gasteiger partial charge in [0, 0.05) is 31.4 Å². The van der Waals surface area contributed by atoms with E-state index >= 15 is 0 Å². The monoisotopic (exact) mass is 460 g/mol. The van der Waals surface area contributed by atoms with Gasteiger partial charge in [-0.05, 0) is 36.7 Å². The minimum absolute atomic E-state index is 0.0841. The Morgan fingerprint density at radius 3 is 2.91 bits per heavy atom. The summed E-state index contributed by atoms with van der Waals surface area (Å²) in [4.78, 5) is 35.1. The zero-order valence-corrected chi connectivity index (χ0v) is 18.0. The normalized spacial score (nSPS) is 19.9. The fourth-order valence-corrected chi connectivity index (χ4v) is 4.48. The Bertz CT molecular complexity index is 1220. The molecule has 0 unspecified atom stereocenters. The van der Waals surface area contributed by atoms with Crippen LogP contribution < -0.4 is 16.8 Å². The van der Waals surface area contributed by atoms with Crippen LogP contribution in [0.4, 0.5) is 9.18 Å². The molecular weight excluding hydrogens is 439 g/mol. The van der Waals surface area contributed by atoms with Gasteiger partial charge in [0.1, 0.15) is 10.9 Å². The topological polar surface area (TPSA) is 127 Å². The van der Waals surface area contributed by atoms with E-state index in [-0.39, 0.29) is 23.5 Å². The predicted molar refractivity (Wildman–Crippen MR) is 120 cm³/mol. The summed E-state index contributed by atoms with van der Waals surface area (Å²) in [5.41, 5.74) is 6.88. The summed E-state index contributed by atoms with van der Waals surface area (Å²) < 4.78 is 25.1. The molecule has 2 aromatic rings. The van der Waals surface area contributed by atoms with Crippen LogP contribution in [0.2, 0.25) is 0 Å². The Morgan fingerprint density at radius 2 is 2.22 bits per heavy atom. The number of aromatic nitrogens is 1. The smallest absolute Gasteiger partial charge is 0.420 e. The molecule has 3 N–H and O–H groups in total. The van der Waals surface area contributed by atoms with Crippen LogP contribution in [0, 0.1) is 5.82 Å². The number of thioether (sulfide) groups is 1. The molecule has 2 aliphatic rings. The van der Waals surface area contributed by atoms with Crippen molar-refractivity contribution in [2.24, 2.45) is 15.7 Å². The third kappa shape index (κ3) is 4.13. The molecule has 0 aliphatic carbocycles. The Labute approximate surface area is 186 Å². The van der Waals surface area contributed by atoms with Gasteiger partial charge >= 0.3 is 11.8 Å². The van der Waals surface area contributed by atoms with Crippen molar-refractivity contribution < 1.29 is 18.3 Å². The third-order valence-electron chi connectivity index (χ3n) is 5.18. The number of urea groups is 1. The molecule has 0 radical (unpaired) electrons.